The number of nitrogens with zero attached hydrogens (tertiary/aromatic N) is 4. The number of aryl methyl sites for hydroxylation is 1. The van der Waals surface area contributed by atoms with E-state index in [1.54, 1.807) is 33.8 Å². The molecule has 0 bridgehead atoms. The van der Waals surface area contributed by atoms with E-state index < -0.39 is 0 Å². The molecule has 0 N–H and O–H groups in total. The summed E-state index contributed by atoms with van der Waals surface area (Å²) in [6.07, 6.45) is 1.70. The number of ether oxygens (including phenoxy) is 1. The number of fused-ring (bicyclic) bond motifs is 1. The van der Waals surface area contributed by atoms with Crippen LogP contribution in [0.4, 0.5) is 4.79 Å². The predicted octanol–water partition coefficient (Wildman–Crippen LogP) is 1.96. The van der Waals surface area contributed by atoms with Gasteiger partial charge in [0.2, 0.25) is 0 Å². The van der Waals surface area contributed by atoms with Gasteiger partial charge in [-0.05, 0) is 30.2 Å². The van der Waals surface area contributed by atoms with Crippen LogP contribution in [0.5, 0.6) is 0 Å². The number of aromatic nitrogens is 2. The molecule has 26 heavy (non-hydrogen) atoms. The van der Waals surface area contributed by atoms with E-state index >= 15 is 0 Å². The van der Waals surface area contributed by atoms with Crippen LogP contribution in [0, 0.1) is 0 Å². The zero-order valence-electron chi connectivity index (χ0n) is 14.3. The number of likely N-dealkylation sites (tertiary alicyclic amines) is 1. The van der Waals surface area contributed by atoms with Crippen molar-refractivity contribution in [3.05, 3.63) is 52.8 Å². The van der Waals surface area contributed by atoms with Crippen molar-refractivity contribution in [3.63, 3.8) is 0 Å². The molecule has 2 amide bonds. The van der Waals surface area contributed by atoms with Crippen molar-refractivity contribution in [2.45, 2.75) is 18.6 Å². The van der Waals surface area contributed by atoms with E-state index in [1.165, 1.54) is 0 Å². The summed E-state index contributed by atoms with van der Waals surface area (Å²) in [6.45, 7) is 1.41. The third kappa shape index (κ3) is 3.03. The Kier molecular flexibility index (Phi) is 4.32. The van der Waals surface area contributed by atoms with Crippen LogP contribution in [-0.2, 0) is 18.2 Å². The largest absolute Gasteiger partial charge is 0.442 e. The highest BCUT2D eigenvalue weighted by atomic mass is 35.5. The summed E-state index contributed by atoms with van der Waals surface area (Å²) in [5.41, 5.74) is 1.59. The molecular weight excluding hydrogens is 356 g/mol. The summed E-state index contributed by atoms with van der Waals surface area (Å²) in [5, 5.41) is 4.72. The number of carbonyl (C=O) groups excluding carboxylic acids is 2. The molecule has 0 aliphatic carbocycles. The zero-order chi connectivity index (χ0) is 18.3. The summed E-state index contributed by atoms with van der Waals surface area (Å²) in [7, 11) is 1.74. The molecule has 136 valence electrons. The van der Waals surface area contributed by atoms with Gasteiger partial charge in [-0.2, -0.15) is 5.10 Å². The number of benzene rings is 1. The van der Waals surface area contributed by atoms with Crippen LogP contribution in [0.3, 0.4) is 0 Å². The molecule has 0 radical (unpaired) electrons. The predicted molar refractivity (Wildman–Crippen MR) is 95.0 cm³/mol. The molecule has 1 aromatic heterocycles. The number of halogens is 1. The molecule has 0 spiro atoms. The van der Waals surface area contributed by atoms with E-state index in [0.29, 0.717) is 36.8 Å². The molecule has 1 aromatic carbocycles. The Labute approximate surface area is 156 Å². The van der Waals surface area contributed by atoms with Gasteiger partial charge in [0.15, 0.2) is 0 Å². The monoisotopic (exact) mass is 374 g/mol. The molecular formula is C18H19ClN4O3. The minimum absolute atomic E-state index is 0.0924. The minimum atomic E-state index is -0.310. The first-order valence-corrected chi connectivity index (χ1v) is 8.89. The van der Waals surface area contributed by atoms with Crippen molar-refractivity contribution < 1.29 is 14.3 Å². The smallest absolute Gasteiger partial charge is 0.410 e. The number of rotatable bonds is 4. The Morgan fingerprint density at radius 2 is 2.19 bits per heavy atom. The number of hydrogen-bond acceptors (Lipinski definition) is 4. The maximum Gasteiger partial charge on any atom is 0.410 e. The second kappa shape index (κ2) is 6.64. The SMILES string of the molecule is Cn1nccc1C(=O)N1C[C@H]2OC(=O)N(CCc3cccc(Cl)c3)[C@H]2C1. The Balaban J connectivity index is 1.43. The fourth-order valence-electron chi connectivity index (χ4n) is 3.62. The van der Waals surface area contributed by atoms with Crippen molar-refractivity contribution in [1.82, 2.24) is 19.6 Å². The van der Waals surface area contributed by atoms with Gasteiger partial charge in [-0.15, -0.1) is 0 Å². The highest BCUT2D eigenvalue weighted by molar-refractivity contribution is 6.30. The lowest BCUT2D eigenvalue weighted by Gasteiger charge is -2.22. The average Bonchev–Trinajstić information content (AvgIpc) is 3.27. The van der Waals surface area contributed by atoms with Crippen molar-refractivity contribution in [1.29, 1.82) is 0 Å². The van der Waals surface area contributed by atoms with E-state index in [0.717, 1.165) is 5.56 Å². The zero-order valence-corrected chi connectivity index (χ0v) is 15.1. The highest BCUT2D eigenvalue weighted by Crippen LogP contribution is 2.28. The van der Waals surface area contributed by atoms with Crippen molar-refractivity contribution >= 4 is 23.6 Å². The Morgan fingerprint density at radius 3 is 2.92 bits per heavy atom. The summed E-state index contributed by atoms with van der Waals surface area (Å²) in [6, 6.07) is 9.18. The van der Waals surface area contributed by atoms with Gasteiger partial charge < -0.3 is 9.64 Å². The van der Waals surface area contributed by atoms with Crippen molar-refractivity contribution in [3.8, 4) is 0 Å². The molecule has 2 aliphatic rings. The Morgan fingerprint density at radius 1 is 1.35 bits per heavy atom. The molecule has 2 saturated heterocycles. The van der Waals surface area contributed by atoms with Gasteiger partial charge in [-0.25, -0.2) is 4.79 Å². The van der Waals surface area contributed by atoms with Crippen molar-refractivity contribution in [2.75, 3.05) is 19.6 Å². The maximum atomic E-state index is 12.7. The van der Waals surface area contributed by atoms with Gasteiger partial charge in [0.1, 0.15) is 11.8 Å². The third-order valence-electron chi connectivity index (χ3n) is 4.98. The molecule has 0 saturated carbocycles. The van der Waals surface area contributed by atoms with E-state index in [-0.39, 0.29) is 24.1 Å². The van der Waals surface area contributed by atoms with E-state index in [2.05, 4.69) is 5.10 Å². The van der Waals surface area contributed by atoms with Crippen LogP contribution in [0.15, 0.2) is 36.5 Å². The lowest BCUT2D eigenvalue weighted by atomic mass is 10.1. The summed E-state index contributed by atoms with van der Waals surface area (Å²) in [4.78, 5) is 28.3. The van der Waals surface area contributed by atoms with Crippen LogP contribution in [0.2, 0.25) is 5.02 Å². The summed E-state index contributed by atoms with van der Waals surface area (Å²) in [5.74, 6) is -0.0924. The van der Waals surface area contributed by atoms with Gasteiger partial charge in [0, 0.05) is 31.4 Å². The molecule has 2 aromatic rings. The standard InChI is InChI=1S/C18H19ClN4O3/c1-21-14(5-7-20-21)17(24)22-10-15-16(11-22)26-18(25)23(15)8-6-12-3-2-4-13(19)9-12/h2-5,7,9,15-16H,6,8,10-11H2,1H3/t15-,16+/m0/s1. The molecule has 2 fully saturated rings. The minimum Gasteiger partial charge on any atom is -0.442 e. The van der Waals surface area contributed by atoms with Crippen LogP contribution in [0.25, 0.3) is 0 Å². The Bertz CT molecular complexity index is 852. The topological polar surface area (TPSA) is 67.7 Å². The van der Waals surface area contributed by atoms with E-state index in [4.69, 9.17) is 16.3 Å². The summed E-state index contributed by atoms with van der Waals surface area (Å²) >= 11 is 6.02. The first-order chi connectivity index (χ1) is 12.5. The van der Waals surface area contributed by atoms with Crippen LogP contribution < -0.4 is 0 Å². The lowest BCUT2D eigenvalue weighted by Crippen LogP contribution is -2.40. The van der Waals surface area contributed by atoms with Crippen LogP contribution in [-0.4, -0.2) is 63.4 Å². The molecule has 3 heterocycles. The molecule has 2 atom stereocenters. The van der Waals surface area contributed by atoms with Gasteiger partial charge in [0.05, 0.1) is 12.6 Å². The quantitative estimate of drug-likeness (QED) is 0.820. The second-order valence-electron chi connectivity index (χ2n) is 6.61. The number of hydrogen-bond donors (Lipinski definition) is 0. The maximum absolute atomic E-state index is 12.7. The molecule has 2 aliphatic heterocycles. The summed E-state index contributed by atoms with van der Waals surface area (Å²) < 4.78 is 7.04. The van der Waals surface area contributed by atoms with E-state index in [1.807, 2.05) is 24.3 Å². The third-order valence-corrected chi connectivity index (χ3v) is 5.22. The average molecular weight is 375 g/mol. The molecule has 7 nitrogen and oxygen atoms in total. The van der Waals surface area contributed by atoms with Gasteiger partial charge in [-0.3, -0.25) is 14.4 Å². The molecule has 4 rings (SSSR count). The van der Waals surface area contributed by atoms with Crippen LogP contribution >= 0.6 is 11.6 Å². The van der Waals surface area contributed by atoms with Gasteiger partial charge >= 0.3 is 6.09 Å². The molecule has 0 unspecified atom stereocenters. The Hall–Kier alpha value is -2.54. The lowest BCUT2D eigenvalue weighted by molar-refractivity contribution is 0.0718. The number of carbonyl (C=O) groups is 2. The highest BCUT2D eigenvalue weighted by Gasteiger charge is 2.48. The molecule has 8 heteroatoms. The van der Waals surface area contributed by atoms with Gasteiger partial charge in [-0.1, -0.05) is 23.7 Å². The fourth-order valence-corrected chi connectivity index (χ4v) is 3.83. The van der Waals surface area contributed by atoms with E-state index in [9.17, 15) is 9.59 Å². The van der Waals surface area contributed by atoms with Crippen LogP contribution in [0.1, 0.15) is 16.1 Å². The normalized spacial score (nSPS) is 21.8. The second-order valence-corrected chi connectivity index (χ2v) is 7.05. The fraction of sp³-hybridized carbons (Fsp3) is 0.389. The first kappa shape index (κ1) is 16.9. The van der Waals surface area contributed by atoms with Crippen molar-refractivity contribution in [2.24, 2.45) is 7.05 Å². The number of amides is 2. The van der Waals surface area contributed by atoms with Gasteiger partial charge in [0.25, 0.3) is 5.91 Å². The first-order valence-electron chi connectivity index (χ1n) is 8.52.